The number of ether oxygens (including phenoxy) is 2. The molecule has 25 heavy (non-hydrogen) atoms. The van der Waals surface area contributed by atoms with Crippen LogP contribution in [0.3, 0.4) is 0 Å². The summed E-state index contributed by atoms with van der Waals surface area (Å²) in [6.07, 6.45) is 0. The summed E-state index contributed by atoms with van der Waals surface area (Å²) in [7, 11) is 1.55. The first kappa shape index (κ1) is 17.7. The summed E-state index contributed by atoms with van der Waals surface area (Å²) in [5.41, 5.74) is 1.84. The van der Waals surface area contributed by atoms with Gasteiger partial charge in [0.25, 0.3) is 0 Å². The number of carbonyl (C=O) groups is 2. The maximum atomic E-state index is 12.7. The Morgan fingerprint density at radius 1 is 1.28 bits per heavy atom. The van der Waals surface area contributed by atoms with E-state index in [4.69, 9.17) is 9.47 Å². The lowest BCUT2D eigenvalue weighted by atomic mass is 9.94. The normalized spacial score (nSPS) is 22.8. The lowest BCUT2D eigenvalue weighted by molar-refractivity contribution is -0.141. The van der Waals surface area contributed by atoms with E-state index in [0.717, 1.165) is 5.56 Å². The number of fused-ring (bicyclic) bond motifs is 1. The molecule has 6 nitrogen and oxygen atoms in total. The van der Waals surface area contributed by atoms with Crippen LogP contribution in [0.2, 0.25) is 0 Å². The molecule has 2 aliphatic heterocycles. The minimum absolute atomic E-state index is 0.0488. The van der Waals surface area contributed by atoms with Crippen molar-refractivity contribution in [3.63, 3.8) is 0 Å². The number of benzene rings is 1. The lowest BCUT2D eigenvalue weighted by Crippen LogP contribution is -2.40. The number of carbonyl (C=O) groups excluding carboxylic acids is 2. The van der Waals surface area contributed by atoms with E-state index in [1.54, 1.807) is 18.9 Å². The fourth-order valence-corrected chi connectivity index (χ4v) is 3.94. The van der Waals surface area contributed by atoms with E-state index in [9.17, 15) is 9.59 Å². The molecule has 0 radical (unpaired) electrons. The monoisotopic (exact) mass is 360 g/mol. The van der Waals surface area contributed by atoms with Crippen molar-refractivity contribution < 1.29 is 19.1 Å². The van der Waals surface area contributed by atoms with Crippen LogP contribution in [0.25, 0.3) is 0 Å². The average Bonchev–Trinajstić information content (AvgIpc) is 2.88. The number of nitrogens with zero attached hydrogens (tertiary/aromatic N) is 2. The van der Waals surface area contributed by atoms with E-state index in [1.807, 2.05) is 37.3 Å². The summed E-state index contributed by atoms with van der Waals surface area (Å²) in [4.78, 5) is 31.5. The van der Waals surface area contributed by atoms with Gasteiger partial charge in [0.2, 0.25) is 5.91 Å². The third kappa shape index (κ3) is 3.34. The van der Waals surface area contributed by atoms with Crippen molar-refractivity contribution in [3.05, 3.63) is 47.2 Å². The van der Waals surface area contributed by atoms with Crippen LogP contribution in [-0.2, 0) is 19.1 Å². The average molecular weight is 360 g/mol. The molecule has 0 spiro atoms. The van der Waals surface area contributed by atoms with E-state index in [2.05, 4.69) is 4.99 Å². The number of esters is 1. The minimum atomic E-state index is -0.520. The molecular formula is C18H20N2O4S. The molecule has 2 aliphatic rings. The molecule has 7 heteroatoms. The number of hydrogen-bond donors (Lipinski definition) is 0. The summed E-state index contributed by atoms with van der Waals surface area (Å²) in [5, 5.41) is 0.416. The molecule has 1 amide bonds. The third-order valence-electron chi connectivity index (χ3n) is 4.11. The summed E-state index contributed by atoms with van der Waals surface area (Å²) >= 11 is 1.42. The number of aliphatic imine (C=N–C) groups is 1. The second-order valence-electron chi connectivity index (χ2n) is 5.80. The van der Waals surface area contributed by atoms with Gasteiger partial charge in [-0.05, 0) is 19.4 Å². The van der Waals surface area contributed by atoms with Crippen LogP contribution in [0.4, 0.5) is 0 Å². The van der Waals surface area contributed by atoms with E-state index in [1.165, 1.54) is 11.8 Å². The van der Waals surface area contributed by atoms with Gasteiger partial charge in [-0.1, -0.05) is 42.1 Å². The van der Waals surface area contributed by atoms with Crippen LogP contribution in [0.15, 0.2) is 46.6 Å². The van der Waals surface area contributed by atoms with Crippen molar-refractivity contribution in [2.24, 2.45) is 4.99 Å². The first-order valence-electron chi connectivity index (χ1n) is 8.04. The van der Waals surface area contributed by atoms with Gasteiger partial charge in [-0.2, -0.15) is 0 Å². The Labute approximate surface area is 150 Å². The van der Waals surface area contributed by atoms with Crippen LogP contribution < -0.4 is 0 Å². The highest BCUT2D eigenvalue weighted by atomic mass is 32.2. The molecular weight excluding hydrogens is 340 g/mol. The Morgan fingerprint density at radius 3 is 2.68 bits per heavy atom. The summed E-state index contributed by atoms with van der Waals surface area (Å²) in [6.45, 7) is 4.10. The smallest absolute Gasteiger partial charge is 0.338 e. The van der Waals surface area contributed by atoms with Crippen molar-refractivity contribution in [1.29, 1.82) is 0 Å². The largest absolute Gasteiger partial charge is 0.460 e. The molecule has 2 unspecified atom stereocenters. The van der Waals surface area contributed by atoms with Crippen molar-refractivity contribution in [2.45, 2.75) is 25.1 Å². The SMILES string of the molecule is COCCOC(=O)C1=C(C)N=C2SC(C)C(=O)N2C1c1ccccc1. The molecule has 1 fully saturated rings. The Bertz CT molecular complexity index is 745. The highest BCUT2D eigenvalue weighted by molar-refractivity contribution is 8.15. The molecule has 0 N–H and O–H groups in total. The Morgan fingerprint density at radius 2 is 2.00 bits per heavy atom. The number of methoxy groups -OCH3 is 1. The van der Waals surface area contributed by atoms with Crippen LogP contribution in [0.5, 0.6) is 0 Å². The predicted molar refractivity (Wildman–Crippen MR) is 96.1 cm³/mol. The quantitative estimate of drug-likeness (QED) is 0.596. The molecule has 1 saturated heterocycles. The van der Waals surface area contributed by atoms with E-state index in [0.29, 0.717) is 23.0 Å². The molecule has 3 rings (SSSR count). The fourth-order valence-electron chi connectivity index (χ4n) is 2.91. The van der Waals surface area contributed by atoms with Crippen molar-refractivity contribution >= 4 is 28.8 Å². The summed E-state index contributed by atoms with van der Waals surface area (Å²) in [6, 6.07) is 8.97. The second kappa shape index (κ2) is 7.41. The lowest BCUT2D eigenvalue weighted by Gasteiger charge is -2.33. The van der Waals surface area contributed by atoms with Crippen LogP contribution in [0.1, 0.15) is 25.5 Å². The third-order valence-corrected chi connectivity index (χ3v) is 5.17. The van der Waals surface area contributed by atoms with Gasteiger partial charge in [-0.3, -0.25) is 9.69 Å². The zero-order valence-corrected chi connectivity index (χ0v) is 15.2. The van der Waals surface area contributed by atoms with Crippen LogP contribution in [0, 0.1) is 0 Å². The maximum absolute atomic E-state index is 12.7. The van der Waals surface area contributed by atoms with Gasteiger partial charge in [-0.25, -0.2) is 9.79 Å². The molecule has 132 valence electrons. The standard InChI is InChI=1S/C18H20N2O4S/c1-11-14(17(22)24-10-9-23-3)15(13-7-5-4-6-8-13)20-16(21)12(2)25-18(20)19-11/h4-8,12,15H,9-10H2,1-3H3. The first-order chi connectivity index (χ1) is 12.0. The number of allylic oxidation sites excluding steroid dienone is 1. The Hall–Kier alpha value is -2.12. The zero-order chi connectivity index (χ0) is 18.0. The second-order valence-corrected chi connectivity index (χ2v) is 7.11. The van der Waals surface area contributed by atoms with Crippen molar-refractivity contribution in [2.75, 3.05) is 20.3 Å². The van der Waals surface area contributed by atoms with Crippen molar-refractivity contribution in [1.82, 2.24) is 4.90 Å². The first-order valence-corrected chi connectivity index (χ1v) is 8.92. The Balaban J connectivity index is 2.02. The summed E-state index contributed by atoms with van der Waals surface area (Å²) in [5.74, 6) is -0.518. The number of thioether (sulfide) groups is 1. The van der Waals surface area contributed by atoms with Gasteiger partial charge >= 0.3 is 5.97 Å². The van der Waals surface area contributed by atoms with E-state index < -0.39 is 12.0 Å². The molecule has 0 bridgehead atoms. The van der Waals surface area contributed by atoms with E-state index in [-0.39, 0.29) is 17.8 Å². The molecule has 1 aromatic carbocycles. The molecule has 0 aliphatic carbocycles. The van der Waals surface area contributed by atoms with Crippen molar-refractivity contribution in [3.8, 4) is 0 Å². The number of amides is 1. The highest BCUT2D eigenvalue weighted by Gasteiger charge is 2.46. The molecule has 2 heterocycles. The van der Waals surface area contributed by atoms with Gasteiger partial charge in [0.15, 0.2) is 5.17 Å². The molecule has 0 saturated carbocycles. The maximum Gasteiger partial charge on any atom is 0.338 e. The zero-order valence-electron chi connectivity index (χ0n) is 14.4. The van der Waals surface area contributed by atoms with E-state index >= 15 is 0 Å². The van der Waals surface area contributed by atoms with Crippen LogP contribution in [-0.4, -0.2) is 47.5 Å². The number of rotatable bonds is 5. The van der Waals surface area contributed by atoms with Gasteiger partial charge in [-0.15, -0.1) is 0 Å². The predicted octanol–water partition coefficient (Wildman–Crippen LogP) is 2.52. The summed E-state index contributed by atoms with van der Waals surface area (Å²) < 4.78 is 10.2. The Kier molecular flexibility index (Phi) is 5.24. The van der Waals surface area contributed by atoms with Gasteiger partial charge in [0.05, 0.1) is 29.2 Å². The number of amidine groups is 1. The minimum Gasteiger partial charge on any atom is -0.460 e. The molecule has 0 aromatic heterocycles. The topological polar surface area (TPSA) is 68.2 Å². The number of hydrogen-bond acceptors (Lipinski definition) is 6. The fraction of sp³-hybridized carbons (Fsp3) is 0.389. The highest BCUT2D eigenvalue weighted by Crippen LogP contribution is 2.43. The van der Waals surface area contributed by atoms with Gasteiger partial charge in [0, 0.05) is 7.11 Å². The van der Waals surface area contributed by atoms with Gasteiger partial charge < -0.3 is 9.47 Å². The molecule has 2 atom stereocenters. The van der Waals surface area contributed by atoms with Gasteiger partial charge in [0.1, 0.15) is 6.61 Å². The van der Waals surface area contributed by atoms with Crippen LogP contribution >= 0.6 is 11.8 Å². The molecule has 1 aromatic rings.